The second kappa shape index (κ2) is 18.3. The highest BCUT2D eigenvalue weighted by Gasteiger charge is 2.17. The van der Waals surface area contributed by atoms with E-state index >= 15 is 0 Å². The molecule has 0 bridgehead atoms. The first-order chi connectivity index (χ1) is 20.5. The number of rotatable bonds is 19. The van der Waals surface area contributed by atoms with Crippen molar-refractivity contribution in [1.29, 1.82) is 0 Å². The van der Waals surface area contributed by atoms with Crippen molar-refractivity contribution in [3.8, 4) is 16.9 Å². The average Bonchev–Trinajstić information content (AvgIpc) is 2.98. The van der Waals surface area contributed by atoms with Gasteiger partial charge in [0.1, 0.15) is 5.75 Å². The normalized spacial score (nSPS) is 11.3. The van der Waals surface area contributed by atoms with Crippen molar-refractivity contribution in [2.75, 3.05) is 39.8 Å². The molecular formula is C33H40O10. The Morgan fingerprint density at radius 3 is 1.86 bits per heavy atom. The van der Waals surface area contributed by atoms with Gasteiger partial charge in [-0.2, -0.15) is 0 Å². The third kappa shape index (κ3) is 13.1. The molecule has 43 heavy (non-hydrogen) atoms. The number of aliphatic hydroxyl groups excluding tert-OH is 1. The molecule has 232 valence electrons. The molecule has 10 nitrogen and oxygen atoms in total. The molecule has 2 rings (SSSR count). The number of ether oxygens (including phenoxy) is 6. The lowest BCUT2D eigenvalue weighted by Gasteiger charge is -2.13. The number of benzene rings is 2. The molecule has 0 radical (unpaired) electrons. The second-order valence-corrected chi connectivity index (χ2v) is 9.86. The Balaban J connectivity index is 2.12. The summed E-state index contributed by atoms with van der Waals surface area (Å²) in [5, 5.41) is 9.65. The van der Waals surface area contributed by atoms with Crippen molar-refractivity contribution >= 4 is 17.9 Å². The minimum atomic E-state index is -1.08. The van der Waals surface area contributed by atoms with E-state index in [1.807, 2.05) is 6.92 Å². The third-order valence-corrected chi connectivity index (χ3v) is 5.57. The lowest BCUT2D eigenvalue weighted by molar-refractivity contribution is -0.139. The predicted octanol–water partition coefficient (Wildman–Crippen LogP) is 5.41. The fourth-order valence-electron chi connectivity index (χ4n) is 3.34. The summed E-state index contributed by atoms with van der Waals surface area (Å²) in [6, 6.07) is 11.7. The van der Waals surface area contributed by atoms with Crippen LogP contribution in [0.15, 0.2) is 78.9 Å². The fourth-order valence-corrected chi connectivity index (χ4v) is 3.34. The number of esters is 3. The van der Waals surface area contributed by atoms with Crippen molar-refractivity contribution in [2.45, 2.75) is 39.9 Å². The van der Waals surface area contributed by atoms with Gasteiger partial charge >= 0.3 is 17.9 Å². The van der Waals surface area contributed by atoms with E-state index in [9.17, 15) is 19.5 Å². The van der Waals surface area contributed by atoms with Crippen molar-refractivity contribution in [2.24, 2.45) is 0 Å². The summed E-state index contributed by atoms with van der Waals surface area (Å²) in [5.74, 6) is -1.24. The van der Waals surface area contributed by atoms with Crippen LogP contribution in [0.3, 0.4) is 0 Å². The van der Waals surface area contributed by atoms with Gasteiger partial charge in [-0.1, -0.05) is 37.4 Å². The molecule has 10 heteroatoms. The Kier molecular flexibility index (Phi) is 14.9. The maximum atomic E-state index is 12.9. The van der Waals surface area contributed by atoms with Gasteiger partial charge in [-0.15, -0.1) is 0 Å². The quantitative estimate of drug-likeness (QED) is 0.0562. The van der Waals surface area contributed by atoms with E-state index < -0.39 is 24.2 Å². The maximum Gasteiger partial charge on any atom is 0.338 e. The predicted molar refractivity (Wildman–Crippen MR) is 160 cm³/mol. The first kappa shape index (κ1) is 34.9. The van der Waals surface area contributed by atoms with Gasteiger partial charge in [0.05, 0.1) is 44.2 Å². The van der Waals surface area contributed by atoms with Crippen LogP contribution in [-0.4, -0.2) is 69.1 Å². The van der Waals surface area contributed by atoms with Gasteiger partial charge in [0.2, 0.25) is 0 Å². The highest BCUT2D eigenvalue weighted by molar-refractivity contribution is 5.97. The van der Waals surface area contributed by atoms with Crippen LogP contribution in [0.4, 0.5) is 0 Å². The summed E-state index contributed by atoms with van der Waals surface area (Å²) in [6.07, 6.45) is -0.447. The first-order valence-corrected chi connectivity index (χ1v) is 13.7. The first-order valence-electron chi connectivity index (χ1n) is 13.7. The summed E-state index contributed by atoms with van der Waals surface area (Å²) in [4.78, 5) is 37.3. The minimum absolute atomic E-state index is 0.00182. The molecule has 0 saturated carbocycles. The molecule has 0 aliphatic heterocycles. The smallest absolute Gasteiger partial charge is 0.338 e. The Morgan fingerprint density at radius 2 is 1.33 bits per heavy atom. The molecule has 0 saturated heterocycles. The number of aliphatic hydroxyl groups is 1. The minimum Gasteiger partial charge on any atom is -0.468 e. The molecule has 1 unspecified atom stereocenters. The van der Waals surface area contributed by atoms with E-state index in [2.05, 4.69) is 19.7 Å². The van der Waals surface area contributed by atoms with Crippen LogP contribution in [0.1, 0.15) is 54.3 Å². The van der Waals surface area contributed by atoms with E-state index in [-0.39, 0.29) is 49.9 Å². The van der Waals surface area contributed by atoms with Crippen molar-refractivity contribution in [3.63, 3.8) is 0 Å². The monoisotopic (exact) mass is 596 g/mol. The molecule has 0 aromatic heterocycles. The zero-order chi connectivity index (χ0) is 31.8. The third-order valence-electron chi connectivity index (χ3n) is 5.57. The lowest BCUT2D eigenvalue weighted by Crippen LogP contribution is -2.15. The van der Waals surface area contributed by atoms with Crippen molar-refractivity contribution in [1.82, 2.24) is 0 Å². The Hall–Kier alpha value is -4.25. The van der Waals surface area contributed by atoms with Crippen molar-refractivity contribution < 1.29 is 47.9 Å². The van der Waals surface area contributed by atoms with Gasteiger partial charge in [0.15, 0.2) is 13.1 Å². The molecule has 1 N–H and O–H groups in total. The van der Waals surface area contributed by atoms with Gasteiger partial charge in [-0.05, 0) is 67.8 Å². The van der Waals surface area contributed by atoms with Crippen LogP contribution in [-0.2, 0) is 28.5 Å². The zero-order valence-electron chi connectivity index (χ0n) is 25.0. The molecule has 0 fully saturated rings. The molecule has 2 aromatic rings. The molecule has 2 aromatic carbocycles. The largest absolute Gasteiger partial charge is 0.468 e. The SMILES string of the molecule is C=C(C)COCOc1ccc(-c2cc(C(=O)OCCCOC(=O)C(=C)C)cc(C(=O)OCCCOC(O)C(=C)C)c2)cc1. The van der Waals surface area contributed by atoms with Crippen LogP contribution >= 0.6 is 0 Å². The van der Waals surface area contributed by atoms with E-state index in [1.54, 1.807) is 50.2 Å². The van der Waals surface area contributed by atoms with Crippen LogP contribution in [0.2, 0.25) is 0 Å². The Labute approximate surface area is 252 Å². The molecule has 0 heterocycles. The van der Waals surface area contributed by atoms with Gasteiger partial charge in [0, 0.05) is 18.4 Å². The van der Waals surface area contributed by atoms with E-state index in [0.29, 0.717) is 41.9 Å². The fraction of sp³-hybridized carbons (Fsp3) is 0.364. The number of carbonyl (C=O) groups is 3. The topological polar surface area (TPSA) is 127 Å². The van der Waals surface area contributed by atoms with E-state index in [4.69, 9.17) is 28.4 Å². The maximum absolute atomic E-state index is 12.9. The standard InChI is InChI=1S/C33H40O10/c1-22(2)20-38-21-43-29-11-9-25(10-12-29)26-17-27(32(36)41-15-7-13-39-30(34)23(3)4)19-28(18-26)33(37)42-16-8-14-40-31(35)24(5)6/h9-12,17-19,30,34H,1,3,5,7-8,13-16,20-21H2,2,4,6H3. The summed E-state index contributed by atoms with van der Waals surface area (Å²) in [6.45, 7) is 16.6. The second-order valence-electron chi connectivity index (χ2n) is 9.86. The summed E-state index contributed by atoms with van der Waals surface area (Å²) in [7, 11) is 0. The lowest BCUT2D eigenvalue weighted by atomic mass is 9.99. The van der Waals surface area contributed by atoms with Gasteiger partial charge in [-0.25, -0.2) is 14.4 Å². The Bertz CT molecular complexity index is 1280. The average molecular weight is 597 g/mol. The van der Waals surface area contributed by atoms with Crippen molar-refractivity contribution in [3.05, 3.63) is 90.0 Å². The summed E-state index contributed by atoms with van der Waals surface area (Å²) >= 11 is 0. The number of hydrogen-bond donors (Lipinski definition) is 1. The highest BCUT2D eigenvalue weighted by atomic mass is 16.7. The Morgan fingerprint density at radius 1 is 0.767 bits per heavy atom. The summed E-state index contributed by atoms with van der Waals surface area (Å²) in [5.41, 5.74) is 3.22. The molecule has 0 aliphatic carbocycles. The zero-order valence-corrected chi connectivity index (χ0v) is 25.0. The van der Waals surface area contributed by atoms with Crippen LogP contribution < -0.4 is 4.74 Å². The highest BCUT2D eigenvalue weighted by Crippen LogP contribution is 2.26. The summed E-state index contributed by atoms with van der Waals surface area (Å²) < 4.78 is 31.9. The van der Waals surface area contributed by atoms with E-state index in [1.165, 1.54) is 6.07 Å². The molecule has 0 aliphatic rings. The van der Waals surface area contributed by atoms with Gasteiger partial charge in [0.25, 0.3) is 0 Å². The van der Waals surface area contributed by atoms with Gasteiger partial charge in [-0.3, -0.25) is 0 Å². The number of hydrogen-bond acceptors (Lipinski definition) is 10. The molecular weight excluding hydrogens is 556 g/mol. The molecule has 0 spiro atoms. The van der Waals surface area contributed by atoms with Crippen LogP contribution in [0, 0.1) is 0 Å². The van der Waals surface area contributed by atoms with Gasteiger partial charge < -0.3 is 33.5 Å². The van der Waals surface area contributed by atoms with Crippen LogP contribution in [0.25, 0.3) is 11.1 Å². The molecule has 1 atom stereocenters. The number of carbonyl (C=O) groups excluding carboxylic acids is 3. The molecule has 0 amide bonds. The van der Waals surface area contributed by atoms with E-state index in [0.717, 1.165) is 5.57 Å². The van der Waals surface area contributed by atoms with Crippen LogP contribution in [0.5, 0.6) is 5.75 Å².